The maximum atomic E-state index is 14.5. The lowest BCUT2D eigenvalue weighted by molar-refractivity contribution is -0.141. The van der Waals surface area contributed by atoms with Crippen molar-refractivity contribution < 1.29 is 37.2 Å². The van der Waals surface area contributed by atoms with Crippen LogP contribution in [0.25, 0.3) is 0 Å². The second-order valence-corrected chi connectivity index (χ2v) is 8.19. The molecule has 192 valence electrons. The highest BCUT2D eigenvalue weighted by molar-refractivity contribution is 5.52. The molecule has 1 atom stereocenters. The Labute approximate surface area is 206 Å². The van der Waals surface area contributed by atoms with Crippen molar-refractivity contribution in [2.24, 2.45) is 0 Å². The lowest BCUT2D eigenvalue weighted by Gasteiger charge is -2.17. The Balaban J connectivity index is 1.31. The average Bonchev–Trinajstić information content (AvgIpc) is 3.23. The van der Waals surface area contributed by atoms with E-state index in [2.05, 4.69) is 20.3 Å². The minimum atomic E-state index is -0.872. The van der Waals surface area contributed by atoms with Gasteiger partial charge >= 0.3 is 0 Å². The molecule has 1 aromatic carbocycles. The van der Waals surface area contributed by atoms with Gasteiger partial charge in [-0.15, -0.1) is 0 Å². The molecule has 0 saturated carbocycles. The van der Waals surface area contributed by atoms with E-state index in [0.717, 1.165) is 6.07 Å². The molecular weight excluding hydrogens is 478 g/mol. The standard InChI is InChI=1S/C24H26F2N4O6/c1-24(2)35-12-16(36-24)11-34-20-6-5-14(8-27-20)30-23-28-9-15(10-29-23)33-13-17-21(25)18(31-3)7-19(32-4)22(17)26/h5-10,16H,11-13H2,1-4H3,(H,28,29,30)/t16-/m1/s1. The molecule has 1 fully saturated rings. The summed E-state index contributed by atoms with van der Waals surface area (Å²) < 4.78 is 61.1. The predicted octanol–water partition coefficient (Wildman–Crippen LogP) is 4.02. The zero-order valence-electron chi connectivity index (χ0n) is 20.2. The van der Waals surface area contributed by atoms with Crippen LogP contribution < -0.4 is 24.3 Å². The third kappa shape index (κ3) is 6.07. The van der Waals surface area contributed by atoms with Crippen LogP contribution in [0.3, 0.4) is 0 Å². The van der Waals surface area contributed by atoms with Gasteiger partial charge in [0.15, 0.2) is 34.7 Å². The predicted molar refractivity (Wildman–Crippen MR) is 124 cm³/mol. The maximum absolute atomic E-state index is 14.5. The molecule has 10 nitrogen and oxygen atoms in total. The van der Waals surface area contributed by atoms with Crippen molar-refractivity contribution in [1.82, 2.24) is 15.0 Å². The lowest BCUT2D eigenvalue weighted by Crippen LogP contribution is -2.25. The van der Waals surface area contributed by atoms with E-state index in [1.54, 1.807) is 18.3 Å². The number of ether oxygens (including phenoxy) is 6. The van der Waals surface area contributed by atoms with E-state index in [1.165, 1.54) is 26.6 Å². The third-order valence-corrected chi connectivity index (χ3v) is 5.15. The van der Waals surface area contributed by atoms with Gasteiger partial charge in [-0.05, 0) is 19.9 Å². The topological polar surface area (TPSA) is 106 Å². The largest absolute Gasteiger partial charge is 0.494 e. The molecule has 2 aromatic heterocycles. The number of rotatable bonds is 10. The van der Waals surface area contributed by atoms with Gasteiger partial charge < -0.3 is 33.7 Å². The molecule has 1 aliphatic heterocycles. The number of methoxy groups -OCH3 is 2. The Kier molecular flexibility index (Phi) is 7.65. The minimum absolute atomic E-state index is 0.155. The van der Waals surface area contributed by atoms with E-state index in [-0.39, 0.29) is 34.9 Å². The molecular formula is C24H26F2N4O6. The van der Waals surface area contributed by atoms with Crippen molar-refractivity contribution >= 4 is 11.6 Å². The molecule has 36 heavy (non-hydrogen) atoms. The van der Waals surface area contributed by atoms with E-state index in [0.29, 0.717) is 24.8 Å². The number of aromatic nitrogens is 3. The molecule has 3 aromatic rings. The van der Waals surface area contributed by atoms with E-state index in [1.807, 2.05) is 13.8 Å². The van der Waals surface area contributed by atoms with Gasteiger partial charge in [0, 0.05) is 12.1 Å². The molecule has 3 heterocycles. The molecule has 0 amide bonds. The van der Waals surface area contributed by atoms with Crippen LogP contribution in [0.2, 0.25) is 0 Å². The molecule has 1 aliphatic rings. The number of hydrogen-bond donors (Lipinski definition) is 1. The summed E-state index contributed by atoms with van der Waals surface area (Å²) in [6.45, 7) is 4.07. The monoisotopic (exact) mass is 504 g/mol. The number of halogens is 2. The number of hydrogen-bond acceptors (Lipinski definition) is 10. The van der Waals surface area contributed by atoms with Gasteiger partial charge in [-0.1, -0.05) is 0 Å². The summed E-state index contributed by atoms with van der Waals surface area (Å²) in [6, 6.07) is 4.59. The number of nitrogens with one attached hydrogen (secondary N) is 1. The van der Waals surface area contributed by atoms with Crippen LogP contribution >= 0.6 is 0 Å². The van der Waals surface area contributed by atoms with Gasteiger partial charge in [0.25, 0.3) is 0 Å². The molecule has 1 saturated heterocycles. The van der Waals surface area contributed by atoms with Gasteiger partial charge in [0.05, 0.1) is 50.7 Å². The first-order chi connectivity index (χ1) is 17.3. The fourth-order valence-electron chi connectivity index (χ4n) is 3.37. The molecule has 4 rings (SSSR count). The SMILES string of the molecule is COc1cc(OC)c(F)c(COc2cnc(Nc3ccc(OC[C@@H]4COC(C)(C)O4)nc3)nc2)c1F. The summed E-state index contributed by atoms with van der Waals surface area (Å²) in [5.74, 6) is -1.74. The molecule has 0 radical (unpaired) electrons. The Hall–Kier alpha value is -3.77. The molecule has 0 aliphatic carbocycles. The van der Waals surface area contributed by atoms with E-state index in [4.69, 9.17) is 28.4 Å². The van der Waals surface area contributed by atoms with E-state index < -0.39 is 24.0 Å². The third-order valence-electron chi connectivity index (χ3n) is 5.15. The summed E-state index contributed by atoms with van der Waals surface area (Å²) in [5, 5.41) is 2.99. The molecule has 12 heteroatoms. The zero-order chi connectivity index (χ0) is 25.7. The Bertz CT molecular complexity index is 1150. The Morgan fingerprint density at radius 1 is 1.00 bits per heavy atom. The van der Waals surface area contributed by atoms with Gasteiger partial charge in [-0.3, -0.25) is 0 Å². The first kappa shape index (κ1) is 25.3. The highest BCUT2D eigenvalue weighted by Gasteiger charge is 2.33. The highest BCUT2D eigenvalue weighted by atomic mass is 19.1. The van der Waals surface area contributed by atoms with Crippen LogP contribution in [-0.2, 0) is 16.1 Å². The number of nitrogens with zero attached hydrogens (tertiary/aromatic N) is 3. The van der Waals surface area contributed by atoms with E-state index in [9.17, 15) is 8.78 Å². The average molecular weight is 504 g/mol. The van der Waals surface area contributed by atoms with Crippen molar-refractivity contribution in [2.45, 2.75) is 32.3 Å². The quantitative estimate of drug-likeness (QED) is 0.435. The van der Waals surface area contributed by atoms with Crippen LogP contribution in [0.1, 0.15) is 19.4 Å². The second-order valence-electron chi connectivity index (χ2n) is 8.19. The molecule has 1 N–H and O–H groups in total. The lowest BCUT2D eigenvalue weighted by atomic mass is 10.1. The van der Waals surface area contributed by atoms with Gasteiger partial charge in [-0.2, -0.15) is 0 Å². The van der Waals surface area contributed by atoms with Crippen LogP contribution in [0.4, 0.5) is 20.4 Å². The number of benzene rings is 1. The summed E-state index contributed by atoms with van der Waals surface area (Å²) in [6.07, 6.45) is 4.16. The summed E-state index contributed by atoms with van der Waals surface area (Å²) in [7, 11) is 2.55. The van der Waals surface area contributed by atoms with Crippen molar-refractivity contribution in [1.29, 1.82) is 0 Å². The molecule has 0 unspecified atom stereocenters. The summed E-state index contributed by atoms with van der Waals surface area (Å²) in [5.41, 5.74) is 0.294. The highest BCUT2D eigenvalue weighted by Crippen LogP contribution is 2.32. The van der Waals surface area contributed by atoms with Gasteiger partial charge in [0.2, 0.25) is 11.8 Å². The van der Waals surface area contributed by atoms with Crippen LogP contribution in [0, 0.1) is 11.6 Å². The molecule has 0 spiro atoms. The Morgan fingerprint density at radius 2 is 1.69 bits per heavy atom. The van der Waals surface area contributed by atoms with Gasteiger partial charge in [0.1, 0.15) is 19.3 Å². The fraction of sp³-hybridized carbons (Fsp3) is 0.375. The summed E-state index contributed by atoms with van der Waals surface area (Å²) >= 11 is 0. The number of pyridine rings is 1. The smallest absolute Gasteiger partial charge is 0.227 e. The normalized spacial score (nSPS) is 16.4. The Morgan fingerprint density at radius 3 is 2.25 bits per heavy atom. The van der Waals surface area contributed by atoms with Crippen LogP contribution in [-0.4, -0.2) is 54.3 Å². The van der Waals surface area contributed by atoms with Crippen molar-refractivity contribution in [3.8, 4) is 23.1 Å². The van der Waals surface area contributed by atoms with Crippen LogP contribution in [0.15, 0.2) is 36.8 Å². The zero-order valence-corrected chi connectivity index (χ0v) is 20.2. The van der Waals surface area contributed by atoms with Crippen molar-refractivity contribution in [2.75, 3.05) is 32.8 Å². The van der Waals surface area contributed by atoms with Crippen LogP contribution in [0.5, 0.6) is 23.1 Å². The fourth-order valence-corrected chi connectivity index (χ4v) is 3.37. The second kappa shape index (κ2) is 10.9. The number of anilines is 2. The summed E-state index contributed by atoms with van der Waals surface area (Å²) in [4.78, 5) is 12.5. The first-order valence-electron chi connectivity index (χ1n) is 11.0. The maximum Gasteiger partial charge on any atom is 0.227 e. The van der Waals surface area contributed by atoms with Crippen molar-refractivity contribution in [3.05, 3.63) is 54.0 Å². The first-order valence-corrected chi connectivity index (χ1v) is 11.0. The van der Waals surface area contributed by atoms with Gasteiger partial charge in [-0.25, -0.2) is 23.7 Å². The minimum Gasteiger partial charge on any atom is -0.494 e. The van der Waals surface area contributed by atoms with Crippen molar-refractivity contribution in [3.63, 3.8) is 0 Å². The molecule has 0 bridgehead atoms. The van der Waals surface area contributed by atoms with E-state index >= 15 is 0 Å².